The molecule has 2 aromatic rings. The van der Waals surface area contributed by atoms with E-state index in [1.807, 2.05) is 18.2 Å². The van der Waals surface area contributed by atoms with Gasteiger partial charge in [0, 0.05) is 12.1 Å². The molecule has 0 spiro atoms. The second-order valence-electron chi connectivity index (χ2n) is 5.91. The molecule has 0 radical (unpaired) electrons. The minimum Gasteiger partial charge on any atom is -0.298 e. The molecular formula is C16H20ClN3. The van der Waals surface area contributed by atoms with Crippen molar-refractivity contribution in [3.8, 4) is 11.4 Å². The Hall–Kier alpha value is -1.35. The molecular weight excluding hydrogens is 270 g/mol. The summed E-state index contributed by atoms with van der Waals surface area (Å²) in [5, 5.41) is 8.81. The predicted octanol–water partition coefficient (Wildman–Crippen LogP) is 4.42. The average Bonchev–Trinajstić information content (AvgIpc) is 2.81. The number of hydrogen-bond acceptors (Lipinski definition) is 2. The van der Waals surface area contributed by atoms with Gasteiger partial charge in [-0.3, -0.25) is 4.57 Å². The first-order valence-corrected chi connectivity index (χ1v) is 7.76. The molecule has 1 aromatic carbocycles. The summed E-state index contributed by atoms with van der Waals surface area (Å²) >= 11 is 6.24. The Morgan fingerprint density at radius 3 is 2.75 bits per heavy atom. The van der Waals surface area contributed by atoms with Gasteiger partial charge in [0.1, 0.15) is 0 Å². The lowest BCUT2D eigenvalue weighted by Crippen LogP contribution is -2.19. The fraction of sp³-hybridized carbons (Fsp3) is 0.500. The average molecular weight is 290 g/mol. The van der Waals surface area contributed by atoms with Crippen LogP contribution < -0.4 is 0 Å². The van der Waals surface area contributed by atoms with Gasteiger partial charge in [-0.25, -0.2) is 0 Å². The standard InChI is InChI=1S/C16H20ClN3/c1-12-6-5-7-13(10-12)11-20-15(18-19-16(20)17)14-8-3-2-4-9-14/h2-4,8-9,12-13H,5-7,10-11H2,1H3. The fourth-order valence-corrected chi connectivity index (χ4v) is 3.42. The summed E-state index contributed by atoms with van der Waals surface area (Å²) in [6.45, 7) is 3.28. The third-order valence-corrected chi connectivity index (χ3v) is 4.50. The van der Waals surface area contributed by atoms with Crippen molar-refractivity contribution >= 4 is 11.6 Å². The molecule has 2 unspecified atom stereocenters. The monoisotopic (exact) mass is 289 g/mol. The molecule has 0 amide bonds. The zero-order chi connectivity index (χ0) is 13.9. The number of rotatable bonds is 3. The van der Waals surface area contributed by atoms with E-state index < -0.39 is 0 Å². The number of halogens is 1. The van der Waals surface area contributed by atoms with Gasteiger partial charge in [-0.05, 0) is 36.3 Å². The van der Waals surface area contributed by atoms with Crippen LogP contribution in [0.3, 0.4) is 0 Å². The van der Waals surface area contributed by atoms with Crippen LogP contribution >= 0.6 is 11.6 Å². The second kappa shape index (κ2) is 5.96. The summed E-state index contributed by atoms with van der Waals surface area (Å²) in [5.74, 6) is 2.40. The van der Waals surface area contributed by atoms with Gasteiger partial charge in [0.05, 0.1) is 0 Å². The molecule has 1 aliphatic rings. The Labute approximate surface area is 125 Å². The van der Waals surface area contributed by atoms with E-state index in [2.05, 4.69) is 33.8 Å². The molecule has 3 rings (SSSR count). The molecule has 106 valence electrons. The Morgan fingerprint density at radius 1 is 1.20 bits per heavy atom. The van der Waals surface area contributed by atoms with Crippen LogP contribution in [0.25, 0.3) is 11.4 Å². The van der Waals surface area contributed by atoms with Crippen LogP contribution in [0.2, 0.25) is 5.28 Å². The van der Waals surface area contributed by atoms with Crippen molar-refractivity contribution in [1.82, 2.24) is 14.8 Å². The third kappa shape index (κ3) is 2.88. The topological polar surface area (TPSA) is 30.7 Å². The predicted molar refractivity (Wildman–Crippen MR) is 81.6 cm³/mol. The molecule has 2 atom stereocenters. The molecule has 1 fully saturated rings. The van der Waals surface area contributed by atoms with Crippen molar-refractivity contribution in [3.05, 3.63) is 35.6 Å². The van der Waals surface area contributed by atoms with Crippen LogP contribution in [0, 0.1) is 11.8 Å². The van der Waals surface area contributed by atoms with E-state index in [1.165, 1.54) is 25.7 Å². The van der Waals surface area contributed by atoms with E-state index in [0.29, 0.717) is 11.2 Å². The van der Waals surface area contributed by atoms with Crippen molar-refractivity contribution in [1.29, 1.82) is 0 Å². The third-order valence-electron chi connectivity index (χ3n) is 4.22. The van der Waals surface area contributed by atoms with E-state index in [0.717, 1.165) is 23.9 Å². The smallest absolute Gasteiger partial charge is 0.225 e. The molecule has 0 aliphatic heterocycles. The Balaban J connectivity index is 1.84. The number of nitrogens with zero attached hydrogens (tertiary/aromatic N) is 3. The summed E-state index contributed by atoms with van der Waals surface area (Å²) in [7, 11) is 0. The minimum atomic E-state index is 0.502. The van der Waals surface area contributed by atoms with E-state index >= 15 is 0 Å². The van der Waals surface area contributed by atoms with Crippen LogP contribution in [0.5, 0.6) is 0 Å². The summed E-state index contributed by atoms with van der Waals surface area (Å²) in [6, 6.07) is 10.2. The van der Waals surface area contributed by atoms with Crippen LogP contribution in [0.1, 0.15) is 32.6 Å². The molecule has 4 heteroatoms. The van der Waals surface area contributed by atoms with Gasteiger partial charge < -0.3 is 0 Å². The van der Waals surface area contributed by atoms with Gasteiger partial charge in [0.15, 0.2) is 5.82 Å². The number of benzene rings is 1. The summed E-state index contributed by atoms with van der Waals surface area (Å²) in [5.41, 5.74) is 1.08. The summed E-state index contributed by atoms with van der Waals surface area (Å²) in [4.78, 5) is 0. The molecule has 0 saturated heterocycles. The van der Waals surface area contributed by atoms with E-state index in [-0.39, 0.29) is 0 Å². The lowest BCUT2D eigenvalue weighted by molar-refractivity contribution is 0.257. The highest BCUT2D eigenvalue weighted by molar-refractivity contribution is 6.28. The SMILES string of the molecule is CC1CCCC(Cn2c(Cl)nnc2-c2ccccc2)C1. The Morgan fingerprint density at radius 2 is 2.00 bits per heavy atom. The van der Waals surface area contributed by atoms with E-state index in [4.69, 9.17) is 11.6 Å². The van der Waals surface area contributed by atoms with Gasteiger partial charge in [-0.2, -0.15) is 0 Å². The second-order valence-corrected chi connectivity index (χ2v) is 6.25. The molecule has 0 bridgehead atoms. The van der Waals surface area contributed by atoms with Crippen LogP contribution in [0.4, 0.5) is 0 Å². The van der Waals surface area contributed by atoms with Crippen LogP contribution in [0.15, 0.2) is 30.3 Å². The van der Waals surface area contributed by atoms with Crippen molar-refractivity contribution in [2.24, 2.45) is 11.8 Å². The van der Waals surface area contributed by atoms with Gasteiger partial charge in [-0.15, -0.1) is 10.2 Å². The maximum absolute atomic E-state index is 6.24. The lowest BCUT2D eigenvalue weighted by Gasteiger charge is -2.27. The van der Waals surface area contributed by atoms with Crippen LogP contribution in [-0.4, -0.2) is 14.8 Å². The fourth-order valence-electron chi connectivity index (χ4n) is 3.23. The molecule has 1 heterocycles. The maximum atomic E-state index is 6.24. The highest BCUT2D eigenvalue weighted by atomic mass is 35.5. The van der Waals surface area contributed by atoms with E-state index in [1.54, 1.807) is 0 Å². The molecule has 1 saturated carbocycles. The van der Waals surface area contributed by atoms with Crippen molar-refractivity contribution in [2.45, 2.75) is 39.2 Å². The molecule has 3 nitrogen and oxygen atoms in total. The van der Waals surface area contributed by atoms with E-state index in [9.17, 15) is 0 Å². The number of hydrogen-bond donors (Lipinski definition) is 0. The maximum Gasteiger partial charge on any atom is 0.225 e. The van der Waals surface area contributed by atoms with Crippen LogP contribution in [-0.2, 0) is 6.54 Å². The first-order valence-electron chi connectivity index (χ1n) is 7.38. The van der Waals surface area contributed by atoms with Crippen molar-refractivity contribution in [2.75, 3.05) is 0 Å². The van der Waals surface area contributed by atoms with Crippen molar-refractivity contribution in [3.63, 3.8) is 0 Å². The number of aromatic nitrogens is 3. The highest BCUT2D eigenvalue weighted by Crippen LogP contribution is 2.31. The largest absolute Gasteiger partial charge is 0.298 e. The zero-order valence-electron chi connectivity index (χ0n) is 11.8. The first kappa shape index (κ1) is 13.6. The Bertz CT molecular complexity index is 564. The summed E-state index contributed by atoms with van der Waals surface area (Å²) in [6.07, 6.45) is 5.25. The van der Waals surface area contributed by atoms with Crippen molar-refractivity contribution < 1.29 is 0 Å². The molecule has 0 N–H and O–H groups in total. The molecule has 20 heavy (non-hydrogen) atoms. The van der Waals surface area contributed by atoms with Gasteiger partial charge >= 0.3 is 0 Å². The quantitative estimate of drug-likeness (QED) is 0.837. The lowest BCUT2D eigenvalue weighted by atomic mass is 9.82. The first-order chi connectivity index (χ1) is 9.74. The normalized spacial score (nSPS) is 22.9. The molecule has 1 aliphatic carbocycles. The van der Waals surface area contributed by atoms with Gasteiger partial charge in [0.2, 0.25) is 5.28 Å². The minimum absolute atomic E-state index is 0.502. The molecule has 1 aromatic heterocycles. The van der Waals surface area contributed by atoms with Gasteiger partial charge in [-0.1, -0.05) is 50.1 Å². The Kier molecular flexibility index (Phi) is 4.06. The van der Waals surface area contributed by atoms with Gasteiger partial charge in [0.25, 0.3) is 0 Å². The summed E-state index contributed by atoms with van der Waals surface area (Å²) < 4.78 is 2.07. The zero-order valence-corrected chi connectivity index (χ0v) is 12.6. The highest BCUT2D eigenvalue weighted by Gasteiger charge is 2.22.